The summed E-state index contributed by atoms with van der Waals surface area (Å²) in [6, 6.07) is 0. The van der Waals surface area contributed by atoms with Crippen molar-refractivity contribution in [3.63, 3.8) is 0 Å². The van der Waals surface area contributed by atoms with Crippen LogP contribution in [0.25, 0.3) is 0 Å². The fourth-order valence-corrected chi connectivity index (χ4v) is 1.54. The number of carbonyl (C=O) groups is 3. The van der Waals surface area contributed by atoms with Crippen LogP contribution in [0.1, 0.15) is 22.1 Å². The molecule has 0 aliphatic heterocycles. The van der Waals surface area contributed by atoms with Crippen molar-refractivity contribution in [1.82, 2.24) is 0 Å². The van der Waals surface area contributed by atoms with Gasteiger partial charge in [0.05, 0.1) is 1.37 Å². The summed E-state index contributed by atoms with van der Waals surface area (Å²) in [7, 11) is 2.60. The van der Waals surface area contributed by atoms with E-state index in [-0.39, 0.29) is 6.61 Å². The Hall–Kier alpha value is -1.67. The van der Waals surface area contributed by atoms with Crippen LogP contribution in [0.2, 0.25) is 0 Å². The fourth-order valence-electron chi connectivity index (χ4n) is 1.54. The first-order valence-electron chi connectivity index (χ1n) is 6.76. The first kappa shape index (κ1) is 17.4. The van der Waals surface area contributed by atoms with Gasteiger partial charge >= 0.3 is 17.9 Å². The molecule has 0 amide bonds. The largest absolute Gasteiger partial charge is 0.463 e. The molecule has 8 nitrogen and oxygen atoms in total. The van der Waals surface area contributed by atoms with Gasteiger partial charge in [0, 0.05) is 35.0 Å². The lowest BCUT2D eigenvalue weighted by Gasteiger charge is -2.30. The summed E-state index contributed by atoms with van der Waals surface area (Å²) in [6.45, 7) is 1.85. The van der Waals surface area contributed by atoms with E-state index >= 15 is 0 Å². The van der Waals surface area contributed by atoms with Crippen molar-refractivity contribution < 1.29 is 39.4 Å². The predicted molar refractivity (Wildman–Crippen MR) is 70.4 cm³/mol. The third-order valence-electron chi connectivity index (χ3n) is 2.37. The molecule has 0 bridgehead atoms. The van der Waals surface area contributed by atoms with Crippen LogP contribution in [-0.4, -0.2) is 63.6 Å². The molecule has 1 unspecified atom stereocenters. The first-order valence-corrected chi connectivity index (χ1v) is 6.18. The second kappa shape index (κ2) is 10.1. The highest BCUT2D eigenvalue weighted by Gasteiger charge is 2.34. The summed E-state index contributed by atoms with van der Waals surface area (Å²) in [6.07, 6.45) is -3.04. The lowest BCUT2D eigenvalue weighted by molar-refractivity contribution is -0.179. The molecule has 0 saturated heterocycles. The monoisotopic (exact) mass is 307 g/mol. The summed E-state index contributed by atoms with van der Waals surface area (Å²) in [5.41, 5.74) is 0. The maximum Gasteiger partial charge on any atom is 0.303 e. The standard InChI is InChI=1S/C13H22O8/c1-8(14)19-6-11(17-4)13(18-5)12(21-10(3)16)7-20-9(2)15/h11-13H,6-7H2,1-5H3/t11-,12-,13+/m0/s1/i6D/t6?,11-,12-,13+. The quantitative estimate of drug-likeness (QED) is 0.436. The molecule has 21 heavy (non-hydrogen) atoms. The van der Waals surface area contributed by atoms with Crippen LogP contribution in [0.5, 0.6) is 0 Å². The Labute approximate surface area is 125 Å². The van der Waals surface area contributed by atoms with Gasteiger partial charge in [-0.3, -0.25) is 14.4 Å². The molecule has 0 fully saturated rings. The molecule has 0 aliphatic carbocycles. The molecule has 0 heterocycles. The first-order chi connectivity index (χ1) is 10.2. The minimum atomic E-state index is -1.40. The van der Waals surface area contributed by atoms with Gasteiger partial charge in [-0.05, 0) is 0 Å². The van der Waals surface area contributed by atoms with Gasteiger partial charge in [0.25, 0.3) is 0 Å². The van der Waals surface area contributed by atoms with E-state index in [9.17, 15) is 14.4 Å². The minimum Gasteiger partial charge on any atom is -0.463 e. The number of rotatable bonds is 9. The molecule has 0 rings (SSSR count). The molecule has 0 N–H and O–H groups in total. The average Bonchev–Trinajstić information content (AvgIpc) is 2.39. The predicted octanol–water partition coefficient (Wildman–Crippen LogP) is 0.0743. The second-order valence-electron chi connectivity index (χ2n) is 4.10. The normalized spacial score (nSPS) is 16.9. The van der Waals surface area contributed by atoms with Crippen molar-refractivity contribution in [3.05, 3.63) is 0 Å². The van der Waals surface area contributed by atoms with Gasteiger partial charge in [0.15, 0.2) is 6.10 Å². The number of methoxy groups -OCH3 is 2. The molecule has 8 heteroatoms. The van der Waals surface area contributed by atoms with Crippen molar-refractivity contribution in [2.75, 3.05) is 27.4 Å². The molecule has 0 aromatic carbocycles. The Kier molecular flexibility index (Phi) is 8.37. The smallest absolute Gasteiger partial charge is 0.303 e. The van der Waals surface area contributed by atoms with Gasteiger partial charge in [-0.15, -0.1) is 0 Å². The molecule has 4 atom stereocenters. The molecular weight excluding hydrogens is 284 g/mol. The Balaban J connectivity index is 5.15. The van der Waals surface area contributed by atoms with Crippen LogP contribution in [0.4, 0.5) is 0 Å². The number of esters is 3. The maximum absolute atomic E-state index is 11.2. The van der Waals surface area contributed by atoms with E-state index in [0.717, 1.165) is 6.92 Å². The van der Waals surface area contributed by atoms with Crippen molar-refractivity contribution in [2.24, 2.45) is 0 Å². The molecule has 0 aliphatic rings. The maximum atomic E-state index is 11.2. The van der Waals surface area contributed by atoms with Crippen molar-refractivity contribution in [1.29, 1.82) is 0 Å². The molecule has 0 saturated carbocycles. The lowest BCUT2D eigenvalue weighted by Crippen LogP contribution is -2.47. The molecule has 0 spiro atoms. The van der Waals surface area contributed by atoms with Gasteiger partial charge in [-0.2, -0.15) is 0 Å². The number of hydrogen-bond acceptors (Lipinski definition) is 8. The molecule has 0 aromatic rings. The Morgan fingerprint density at radius 1 is 0.905 bits per heavy atom. The van der Waals surface area contributed by atoms with E-state index in [1.54, 1.807) is 0 Å². The third-order valence-corrected chi connectivity index (χ3v) is 2.37. The van der Waals surface area contributed by atoms with Gasteiger partial charge in [0.1, 0.15) is 25.4 Å². The van der Waals surface area contributed by atoms with Crippen LogP contribution in [0.15, 0.2) is 0 Å². The van der Waals surface area contributed by atoms with E-state index in [1.165, 1.54) is 28.1 Å². The third kappa shape index (κ3) is 8.26. The lowest BCUT2D eigenvalue weighted by atomic mass is 10.1. The van der Waals surface area contributed by atoms with E-state index in [0.29, 0.717) is 0 Å². The molecular formula is C13H22O8. The summed E-state index contributed by atoms with van der Waals surface area (Å²) in [4.78, 5) is 33.1. The zero-order valence-corrected chi connectivity index (χ0v) is 12.8. The summed E-state index contributed by atoms with van der Waals surface area (Å²) >= 11 is 0. The molecule has 122 valence electrons. The average molecular weight is 307 g/mol. The highest BCUT2D eigenvalue weighted by atomic mass is 16.6. The second-order valence-corrected chi connectivity index (χ2v) is 4.10. The van der Waals surface area contributed by atoms with E-state index < -0.39 is 42.8 Å². The van der Waals surface area contributed by atoms with Gasteiger partial charge in [-0.25, -0.2) is 0 Å². The molecule has 0 radical (unpaired) electrons. The Morgan fingerprint density at radius 3 is 1.86 bits per heavy atom. The fraction of sp³-hybridized carbons (Fsp3) is 0.769. The van der Waals surface area contributed by atoms with Crippen LogP contribution < -0.4 is 0 Å². The topological polar surface area (TPSA) is 97.4 Å². The number of carbonyl (C=O) groups excluding carboxylic acids is 3. The van der Waals surface area contributed by atoms with Crippen molar-refractivity contribution in [2.45, 2.75) is 39.1 Å². The van der Waals surface area contributed by atoms with Crippen LogP contribution in [-0.2, 0) is 38.1 Å². The summed E-state index contributed by atoms with van der Waals surface area (Å²) < 4.78 is 32.7. The van der Waals surface area contributed by atoms with E-state index in [4.69, 9.17) is 25.1 Å². The highest BCUT2D eigenvalue weighted by Crippen LogP contribution is 2.13. The van der Waals surface area contributed by atoms with Crippen molar-refractivity contribution in [3.8, 4) is 0 Å². The van der Waals surface area contributed by atoms with Gasteiger partial charge < -0.3 is 23.7 Å². The number of hydrogen-bond donors (Lipinski definition) is 0. The summed E-state index contributed by atoms with van der Waals surface area (Å²) in [5.74, 6) is -1.85. The SMILES string of the molecule is [2H]C(OC(C)=O)[C@H](OC)[C@@H](OC)[C@H](COC(C)=O)OC(C)=O. The van der Waals surface area contributed by atoms with E-state index in [2.05, 4.69) is 0 Å². The van der Waals surface area contributed by atoms with Gasteiger partial charge in [0.2, 0.25) is 0 Å². The Bertz CT molecular complexity index is 386. The molecule has 0 aromatic heterocycles. The van der Waals surface area contributed by atoms with Crippen LogP contribution in [0.3, 0.4) is 0 Å². The Morgan fingerprint density at radius 2 is 1.48 bits per heavy atom. The minimum absolute atomic E-state index is 0.278. The van der Waals surface area contributed by atoms with E-state index in [1.807, 2.05) is 0 Å². The zero-order chi connectivity index (χ0) is 17.3. The number of ether oxygens (including phenoxy) is 5. The summed E-state index contributed by atoms with van der Waals surface area (Å²) in [5, 5.41) is 0. The van der Waals surface area contributed by atoms with Crippen LogP contribution in [0, 0.1) is 0 Å². The highest BCUT2D eigenvalue weighted by molar-refractivity contribution is 5.67. The van der Waals surface area contributed by atoms with Gasteiger partial charge in [-0.1, -0.05) is 0 Å². The zero-order valence-electron chi connectivity index (χ0n) is 13.8. The van der Waals surface area contributed by atoms with Crippen molar-refractivity contribution >= 4 is 17.9 Å². The van der Waals surface area contributed by atoms with Crippen LogP contribution >= 0.6 is 0 Å².